The van der Waals surface area contributed by atoms with Gasteiger partial charge in [0.2, 0.25) is 0 Å². The summed E-state index contributed by atoms with van der Waals surface area (Å²) < 4.78 is 0. The number of thiazole rings is 1. The van der Waals surface area contributed by atoms with Crippen LogP contribution in [0.25, 0.3) is 0 Å². The molecule has 1 N–H and O–H groups in total. The Morgan fingerprint density at radius 1 is 1.53 bits per heavy atom. The summed E-state index contributed by atoms with van der Waals surface area (Å²) in [5.74, 6) is 1.25. The lowest BCUT2D eigenvalue weighted by atomic mass is 10.2. The van der Waals surface area contributed by atoms with Crippen molar-refractivity contribution in [3.63, 3.8) is 0 Å². The van der Waals surface area contributed by atoms with Crippen LogP contribution in [0.5, 0.6) is 0 Å². The molecule has 2 unspecified atom stereocenters. The van der Waals surface area contributed by atoms with Gasteiger partial charge in [-0.3, -0.25) is 0 Å². The minimum absolute atomic E-state index is 0.744. The highest BCUT2D eigenvalue weighted by atomic mass is 32.2. The van der Waals surface area contributed by atoms with Gasteiger partial charge in [-0.15, -0.1) is 11.3 Å². The Morgan fingerprint density at radius 3 is 3.12 bits per heavy atom. The van der Waals surface area contributed by atoms with Crippen LogP contribution in [0, 0.1) is 6.92 Å². The molecule has 2 rings (SSSR count). The van der Waals surface area contributed by atoms with Crippen LogP contribution >= 0.6 is 23.1 Å². The molecule has 1 aromatic heterocycles. The van der Waals surface area contributed by atoms with Crippen LogP contribution in [-0.4, -0.2) is 28.6 Å². The van der Waals surface area contributed by atoms with Crippen LogP contribution < -0.4 is 5.32 Å². The van der Waals surface area contributed by atoms with Crippen LogP contribution in [0.4, 0.5) is 0 Å². The number of rotatable bonds is 6. The number of hydrogen-bond acceptors (Lipinski definition) is 4. The third kappa shape index (κ3) is 3.70. The molecule has 0 saturated heterocycles. The van der Waals surface area contributed by atoms with E-state index in [0.29, 0.717) is 0 Å². The number of nitrogens with zero attached hydrogens (tertiary/aromatic N) is 1. The Labute approximate surface area is 113 Å². The van der Waals surface area contributed by atoms with Crippen LogP contribution in [0.3, 0.4) is 0 Å². The third-order valence-electron chi connectivity index (χ3n) is 3.44. The molecule has 4 heteroatoms. The Balaban J connectivity index is 1.73. The highest BCUT2D eigenvalue weighted by molar-refractivity contribution is 7.99. The van der Waals surface area contributed by atoms with Crippen LogP contribution in [0.15, 0.2) is 5.51 Å². The summed E-state index contributed by atoms with van der Waals surface area (Å²) in [7, 11) is 0. The summed E-state index contributed by atoms with van der Waals surface area (Å²) in [6, 6.07) is 0.744. The molecule has 0 spiro atoms. The van der Waals surface area contributed by atoms with E-state index in [9.17, 15) is 0 Å². The summed E-state index contributed by atoms with van der Waals surface area (Å²) >= 11 is 3.91. The maximum Gasteiger partial charge on any atom is 0.0797 e. The third-order valence-corrected chi connectivity index (χ3v) is 5.76. The van der Waals surface area contributed by atoms with Gasteiger partial charge < -0.3 is 5.32 Å². The van der Waals surface area contributed by atoms with Gasteiger partial charge in [0, 0.05) is 22.7 Å². The van der Waals surface area contributed by atoms with Crippen molar-refractivity contribution in [2.75, 3.05) is 12.3 Å². The number of nitrogens with one attached hydrogen (secondary N) is 1. The normalized spacial score (nSPS) is 24.4. The summed E-state index contributed by atoms with van der Waals surface area (Å²) in [6.45, 7) is 5.48. The molecule has 1 aliphatic carbocycles. The topological polar surface area (TPSA) is 24.9 Å². The first-order valence-electron chi connectivity index (χ1n) is 6.55. The Kier molecular flexibility index (Phi) is 5.32. The molecule has 1 saturated carbocycles. The van der Waals surface area contributed by atoms with Gasteiger partial charge in [0.25, 0.3) is 0 Å². The standard InChI is InChI=1S/C13H22N2S2/c1-3-16-13-6-4-5-11(13)14-8-7-12-10(2)15-9-17-12/h9,11,13-14H,3-8H2,1-2H3. The van der Waals surface area contributed by atoms with E-state index in [1.165, 1.54) is 35.6 Å². The number of aromatic nitrogens is 1. The fraction of sp³-hybridized carbons (Fsp3) is 0.769. The molecular weight excluding hydrogens is 248 g/mol. The Hall–Kier alpha value is -0.0600. The lowest BCUT2D eigenvalue weighted by Gasteiger charge is -2.20. The Morgan fingerprint density at radius 2 is 2.41 bits per heavy atom. The molecule has 0 aromatic carbocycles. The summed E-state index contributed by atoms with van der Waals surface area (Å²) in [5, 5.41) is 4.59. The molecule has 17 heavy (non-hydrogen) atoms. The SMILES string of the molecule is CCSC1CCCC1NCCc1scnc1C. The smallest absolute Gasteiger partial charge is 0.0797 e. The second-order valence-corrected chi connectivity index (χ2v) is 7.05. The lowest BCUT2D eigenvalue weighted by Crippen LogP contribution is -2.35. The Bertz CT molecular complexity index is 338. The summed E-state index contributed by atoms with van der Waals surface area (Å²) in [6.07, 6.45) is 5.29. The molecule has 0 amide bonds. The van der Waals surface area contributed by atoms with Crippen molar-refractivity contribution in [2.24, 2.45) is 0 Å². The van der Waals surface area contributed by atoms with Gasteiger partial charge in [-0.1, -0.05) is 13.3 Å². The minimum atomic E-state index is 0.744. The monoisotopic (exact) mass is 270 g/mol. The van der Waals surface area contributed by atoms with E-state index in [1.54, 1.807) is 11.3 Å². The first-order valence-corrected chi connectivity index (χ1v) is 8.48. The molecule has 0 radical (unpaired) electrons. The molecule has 2 atom stereocenters. The van der Waals surface area contributed by atoms with Crippen molar-refractivity contribution in [3.8, 4) is 0 Å². The van der Waals surface area contributed by atoms with Gasteiger partial charge in [0.15, 0.2) is 0 Å². The zero-order chi connectivity index (χ0) is 12.1. The first kappa shape index (κ1) is 13.4. The van der Waals surface area contributed by atoms with Gasteiger partial charge in [0.05, 0.1) is 11.2 Å². The first-order chi connectivity index (χ1) is 8.31. The zero-order valence-electron chi connectivity index (χ0n) is 10.7. The zero-order valence-corrected chi connectivity index (χ0v) is 12.4. The maximum atomic E-state index is 4.30. The van der Waals surface area contributed by atoms with Gasteiger partial charge in [-0.05, 0) is 31.9 Å². The van der Waals surface area contributed by atoms with Gasteiger partial charge in [0.1, 0.15) is 0 Å². The van der Waals surface area contributed by atoms with Crippen molar-refractivity contribution in [3.05, 3.63) is 16.1 Å². The second-order valence-electron chi connectivity index (χ2n) is 4.60. The van der Waals surface area contributed by atoms with Gasteiger partial charge >= 0.3 is 0 Å². The molecular formula is C13H22N2S2. The van der Waals surface area contributed by atoms with E-state index in [1.807, 2.05) is 5.51 Å². The molecule has 1 heterocycles. The van der Waals surface area contributed by atoms with Crippen molar-refractivity contribution in [1.82, 2.24) is 10.3 Å². The molecule has 1 fully saturated rings. The van der Waals surface area contributed by atoms with Crippen molar-refractivity contribution in [1.29, 1.82) is 0 Å². The van der Waals surface area contributed by atoms with Crippen molar-refractivity contribution in [2.45, 2.75) is 50.8 Å². The van der Waals surface area contributed by atoms with E-state index < -0.39 is 0 Å². The van der Waals surface area contributed by atoms with Crippen LogP contribution in [0.2, 0.25) is 0 Å². The largest absolute Gasteiger partial charge is 0.313 e. The maximum absolute atomic E-state index is 4.30. The quantitative estimate of drug-likeness (QED) is 0.859. The van der Waals surface area contributed by atoms with Crippen molar-refractivity contribution < 1.29 is 0 Å². The molecule has 0 aliphatic heterocycles. The fourth-order valence-corrected chi connectivity index (χ4v) is 4.52. The minimum Gasteiger partial charge on any atom is -0.313 e. The van der Waals surface area contributed by atoms with E-state index >= 15 is 0 Å². The van der Waals surface area contributed by atoms with E-state index in [2.05, 4.69) is 35.9 Å². The molecule has 96 valence electrons. The lowest BCUT2D eigenvalue weighted by molar-refractivity contribution is 0.536. The van der Waals surface area contributed by atoms with Gasteiger partial charge in [-0.2, -0.15) is 11.8 Å². The van der Waals surface area contributed by atoms with Gasteiger partial charge in [-0.25, -0.2) is 4.98 Å². The fourth-order valence-electron chi connectivity index (χ4n) is 2.51. The van der Waals surface area contributed by atoms with E-state index in [-0.39, 0.29) is 0 Å². The van der Waals surface area contributed by atoms with Crippen LogP contribution in [0.1, 0.15) is 36.8 Å². The average molecular weight is 270 g/mol. The molecule has 2 nitrogen and oxygen atoms in total. The number of hydrogen-bond donors (Lipinski definition) is 1. The van der Waals surface area contributed by atoms with E-state index in [4.69, 9.17) is 0 Å². The molecule has 1 aromatic rings. The molecule has 1 aliphatic rings. The van der Waals surface area contributed by atoms with Crippen LogP contribution in [-0.2, 0) is 6.42 Å². The average Bonchev–Trinajstić information content (AvgIpc) is 2.90. The van der Waals surface area contributed by atoms with E-state index in [0.717, 1.165) is 24.3 Å². The van der Waals surface area contributed by atoms with Crippen molar-refractivity contribution >= 4 is 23.1 Å². The highest BCUT2D eigenvalue weighted by Crippen LogP contribution is 2.29. The summed E-state index contributed by atoms with van der Waals surface area (Å²) in [4.78, 5) is 5.74. The number of thioether (sulfide) groups is 1. The molecule has 0 bridgehead atoms. The predicted octanol–water partition coefficient (Wildman–Crippen LogP) is 3.26. The highest BCUT2D eigenvalue weighted by Gasteiger charge is 2.26. The second kappa shape index (κ2) is 6.76. The summed E-state index contributed by atoms with van der Waals surface area (Å²) in [5.41, 5.74) is 3.17. The number of aryl methyl sites for hydroxylation is 1. The predicted molar refractivity (Wildman–Crippen MR) is 78.1 cm³/mol.